The molecule has 0 aliphatic carbocycles. The summed E-state index contributed by atoms with van der Waals surface area (Å²) in [6, 6.07) is 6.66. The van der Waals surface area contributed by atoms with Crippen LogP contribution in [0.3, 0.4) is 0 Å². The highest BCUT2D eigenvalue weighted by Gasteiger charge is 1.93. The van der Waals surface area contributed by atoms with E-state index in [9.17, 15) is 4.39 Å². The van der Waals surface area contributed by atoms with Gasteiger partial charge < -0.3 is 0 Å². The Hall–Kier alpha value is -0.320. The van der Waals surface area contributed by atoms with Crippen molar-refractivity contribution in [3.8, 4) is 0 Å². The van der Waals surface area contributed by atoms with Crippen molar-refractivity contribution in [1.82, 2.24) is 0 Å². The summed E-state index contributed by atoms with van der Waals surface area (Å²) in [4.78, 5) is 0. The second-order valence-electron chi connectivity index (χ2n) is 3.18. The van der Waals surface area contributed by atoms with Crippen molar-refractivity contribution in [2.24, 2.45) is 0 Å². The predicted octanol–water partition coefficient (Wildman–Crippen LogP) is 5.14. The van der Waals surface area contributed by atoms with Gasteiger partial charge in [-0.25, -0.2) is 4.39 Å². The van der Waals surface area contributed by atoms with Crippen LogP contribution in [0, 0.1) is 5.82 Å². The zero-order valence-corrected chi connectivity index (χ0v) is 11.9. The Balaban J connectivity index is 2.07. The van der Waals surface area contributed by atoms with Gasteiger partial charge in [0.25, 0.3) is 0 Å². The molecule has 0 fully saturated rings. The smallest absolute Gasteiger partial charge is 0.123 e. The highest BCUT2D eigenvalue weighted by Crippen LogP contribution is 2.27. The summed E-state index contributed by atoms with van der Waals surface area (Å²) in [5, 5.41) is 2.10. The van der Waals surface area contributed by atoms with Crippen LogP contribution in [0.5, 0.6) is 0 Å². The molecule has 0 spiro atoms. The predicted molar refractivity (Wildman–Crippen MR) is 81.9 cm³/mol. The minimum Gasteiger partial charge on any atom is -0.207 e. The van der Waals surface area contributed by atoms with E-state index in [1.54, 1.807) is 21.6 Å². The maximum absolute atomic E-state index is 12.6. The Morgan fingerprint density at radius 1 is 1.18 bits per heavy atom. The number of thioether (sulfide) groups is 1. The monoisotopic (exact) mass is 286 g/mol. The molecule has 0 atom stereocenters. The summed E-state index contributed by atoms with van der Waals surface area (Å²) < 4.78 is 12.6. The molecule has 0 heterocycles. The third-order valence-corrected chi connectivity index (χ3v) is 4.69. The molecule has 1 rings (SSSR count). The zero-order chi connectivity index (χ0) is 12.3. The number of hydrogen-bond acceptors (Lipinski definition) is 3. The average molecular weight is 286 g/mol. The quantitative estimate of drug-likeness (QED) is 0.369. The molecule has 4 heteroatoms. The molecule has 17 heavy (non-hydrogen) atoms. The van der Waals surface area contributed by atoms with Crippen molar-refractivity contribution < 1.29 is 4.39 Å². The highest BCUT2D eigenvalue weighted by molar-refractivity contribution is 8.77. The first-order chi connectivity index (χ1) is 8.33. The second-order valence-corrected chi connectivity index (χ2v) is 6.53. The van der Waals surface area contributed by atoms with Gasteiger partial charge >= 0.3 is 0 Å². The van der Waals surface area contributed by atoms with Crippen LogP contribution < -0.4 is 0 Å². The maximum Gasteiger partial charge on any atom is 0.123 e. The fourth-order valence-corrected chi connectivity index (χ4v) is 3.41. The van der Waals surface area contributed by atoms with E-state index in [0.717, 1.165) is 22.8 Å². The molecule has 1 aromatic rings. The van der Waals surface area contributed by atoms with Gasteiger partial charge in [0.15, 0.2) is 0 Å². The van der Waals surface area contributed by atoms with E-state index in [1.165, 1.54) is 12.1 Å². The first-order valence-corrected chi connectivity index (χ1v) is 8.73. The van der Waals surface area contributed by atoms with Crippen LogP contribution >= 0.6 is 33.3 Å². The van der Waals surface area contributed by atoms with Gasteiger partial charge in [-0.15, -0.1) is 6.58 Å². The topological polar surface area (TPSA) is 0 Å². The second kappa shape index (κ2) is 9.68. The molecule has 0 aromatic heterocycles. The lowest BCUT2D eigenvalue weighted by Gasteiger charge is -1.98. The van der Waals surface area contributed by atoms with Gasteiger partial charge in [-0.1, -0.05) is 45.9 Å². The Morgan fingerprint density at radius 3 is 2.65 bits per heavy atom. The lowest BCUT2D eigenvalue weighted by Crippen LogP contribution is -1.78. The molecule has 0 unspecified atom stereocenters. The van der Waals surface area contributed by atoms with Crippen molar-refractivity contribution in [2.45, 2.75) is 5.75 Å². The van der Waals surface area contributed by atoms with Crippen molar-refractivity contribution in [3.63, 3.8) is 0 Å². The van der Waals surface area contributed by atoms with Crippen LogP contribution in [0.2, 0.25) is 0 Å². The molecule has 0 aliphatic heterocycles. The molecular weight excluding hydrogens is 271 g/mol. The molecular formula is C13H15FS3. The van der Waals surface area contributed by atoms with E-state index in [2.05, 4.69) is 18.1 Å². The van der Waals surface area contributed by atoms with Crippen molar-refractivity contribution >= 4 is 33.3 Å². The van der Waals surface area contributed by atoms with E-state index >= 15 is 0 Å². The highest BCUT2D eigenvalue weighted by atomic mass is 33.1. The first kappa shape index (κ1) is 14.7. The summed E-state index contributed by atoms with van der Waals surface area (Å²) in [7, 11) is 3.47. The fraction of sp³-hybridized carbons (Fsp3) is 0.231. The number of halogens is 1. The molecule has 0 radical (unpaired) electrons. The lowest BCUT2D eigenvalue weighted by molar-refractivity contribution is 0.627. The van der Waals surface area contributed by atoms with Crippen molar-refractivity contribution in [1.29, 1.82) is 0 Å². The van der Waals surface area contributed by atoms with Gasteiger partial charge in [-0.05, 0) is 23.1 Å². The molecule has 0 nitrogen and oxygen atoms in total. The number of rotatable bonds is 8. The number of hydrogen-bond donors (Lipinski definition) is 0. The van der Waals surface area contributed by atoms with Gasteiger partial charge in [-0.2, -0.15) is 11.8 Å². The summed E-state index contributed by atoms with van der Waals surface area (Å²) in [5.74, 6) is 2.74. The summed E-state index contributed by atoms with van der Waals surface area (Å²) >= 11 is 1.84. The minimum atomic E-state index is -0.175. The Morgan fingerprint density at radius 2 is 1.94 bits per heavy atom. The number of benzene rings is 1. The molecule has 0 N–H and O–H groups in total. The van der Waals surface area contributed by atoms with Crippen LogP contribution in [0.1, 0.15) is 5.56 Å². The summed E-state index contributed by atoms with van der Waals surface area (Å²) in [6.07, 6.45) is 4.06. The molecule has 0 amide bonds. The van der Waals surface area contributed by atoms with Crippen molar-refractivity contribution in [3.05, 3.63) is 59.8 Å². The normalized spacial score (nSPS) is 10.9. The van der Waals surface area contributed by atoms with Gasteiger partial charge in [-0.3, -0.25) is 0 Å². The maximum atomic E-state index is 12.6. The van der Waals surface area contributed by atoms with Crippen LogP contribution in [-0.2, 0) is 5.75 Å². The molecule has 0 saturated heterocycles. The molecule has 0 saturated carbocycles. The molecule has 1 aromatic carbocycles. The minimum absolute atomic E-state index is 0.175. The van der Waals surface area contributed by atoms with E-state index in [-0.39, 0.29) is 5.82 Å². The standard InChI is InChI=1S/C13H15FS3/c1-2-8-15-9-3-10-16-17-11-12-4-6-13(14)7-5-12/h2-7,10H,1,8-9,11H2/b10-3+. The lowest BCUT2D eigenvalue weighted by atomic mass is 10.2. The largest absolute Gasteiger partial charge is 0.207 e. The van der Waals surface area contributed by atoms with E-state index < -0.39 is 0 Å². The van der Waals surface area contributed by atoms with Crippen LogP contribution in [0.4, 0.5) is 4.39 Å². The summed E-state index contributed by atoms with van der Waals surface area (Å²) in [6.45, 7) is 3.67. The fourth-order valence-electron chi connectivity index (χ4n) is 1.02. The summed E-state index contributed by atoms with van der Waals surface area (Å²) in [5.41, 5.74) is 1.15. The zero-order valence-electron chi connectivity index (χ0n) is 9.47. The molecule has 92 valence electrons. The molecule has 0 bridgehead atoms. The van der Waals surface area contributed by atoms with E-state index in [1.807, 2.05) is 30.0 Å². The first-order valence-electron chi connectivity index (χ1n) is 5.19. The van der Waals surface area contributed by atoms with E-state index in [0.29, 0.717) is 0 Å². The van der Waals surface area contributed by atoms with E-state index in [4.69, 9.17) is 0 Å². The van der Waals surface area contributed by atoms with Crippen LogP contribution in [0.25, 0.3) is 0 Å². The third kappa shape index (κ3) is 7.58. The Labute approximate surface area is 115 Å². The Bertz CT molecular complexity index is 346. The Kier molecular flexibility index (Phi) is 8.40. The van der Waals surface area contributed by atoms with Gasteiger partial charge in [0.2, 0.25) is 0 Å². The van der Waals surface area contributed by atoms with Gasteiger partial charge in [0.1, 0.15) is 5.82 Å². The average Bonchev–Trinajstić information content (AvgIpc) is 2.35. The van der Waals surface area contributed by atoms with Gasteiger partial charge in [0, 0.05) is 17.3 Å². The van der Waals surface area contributed by atoms with Crippen LogP contribution in [-0.4, -0.2) is 11.5 Å². The van der Waals surface area contributed by atoms with Gasteiger partial charge in [0.05, 0.1) is 0 Å². The van der Waals surface area contributed by atoms with Crippen molar-refractivity contribution in [2.75, 3.05) is 11.5 Å². The third-order valence-electron chi connectivity index (χ3n) is 1.81. The van der Waals surface area contributed by atoms with Crippen LogP contribution in [0.15, 0.2) is 48.4 Å². The SMILES string of the molecule is C=CCSC/C=C/SSCc1ccc(F)cc1. The molecule has 0 aliphatic rings.